The third-order valence-corrected chi connectivity index (χ3v) is 2.66. The van der Waals surface area contributed by atoms with Crippen LogP contribution in [0.5, 0.6) is 11.6 Å². The highest BCUT2D eigenvalue weighted by Gasteiger charge is 2.07. The molecule has 2 aromatic rings. The summed E-state index contributed by atoms with van der Waals surface area (Å²) in [6, 6.07) is 8.49. The van der Waals surface area contributed by atoms with Gasteiger partial charge in [-0.3, -0.25) is 0 Å². The maximum atomic E-state index is 13.0. The fraction of sp³-hybridized carbons (Fsp3) is 0. The highest BCUT2D eigenvalue weighted by molar-refractivity contribution is 9.10. The van der Waals surface area contributed by atoms with Crippen LogP contribution in [0.25, 0.3) is 0 Å². The van der Waals surface area contributed by atoms with Gasteiger partial charge in [0.1, 0.15) is 11.6 Å². The minimum atomic E-state index is -1.14. The van der Waals surface area contributed by atoms with Crippen LogP contribution in [0.15, 0.2) is 40.9 Å². The van der Waals surface area contributed by atoms with Crippen LogP contribution in [0.1, 0.15) is 10.5 Å². The molecule has 0 spiro atoms. The number of benzene rings is 1. The molecule has 0 radical (unpaired) electrons. The van der Waals surface area contributed by atoms with Gasteiger partial charge < -0.3 is 9.84 Å². The Kier molecular flexibility index (Phi) is 3.57. The van der Waals surface area contributed by atoms with E-state index in [1.165, 1.54) is 36.4 Å². The van der Waals surface area contributed by atoms with E-state index in [0.29, 0.717) is 5.75 Å². The van der Waals surface area contributed by atoms with Crippen LogP contribution in [-0.2, 0) is 0 Å². The van der Waals surface area contributed by atoms with Gasteiger partial charge in [0.05, 0.1) is 4.47 Å². The molecule has 0 unspecified atom stereocenters. The number of aromatic nitrogens is 1. The molecule has 1 heterocycles. The smallest absolute Gasteiger partial charge is 0.354 e. The van der Waals surface area contributed by atoms with E-state index in [0.717, 1.165) is 0 Å². The van der Waals surface area contributed by atoms with E-state index in [2.05, 4.69) is 20.9 Å². The number of carboxylic acid groups (broad SMARTS) is 1. The number of hydrogen-bond donors (Lipinski definition) is 1. The monoisotopic (exact) mass is 311 g/mol. The predicted octanol–water partition coefficient (Wildman–Crippen LogP) is 3.47. The predicted molar refractivity (Wildman–Crippen MR) is 65.4 cm³/mol. The molecular formula is C12H7BrFNO3. The Bertz CT molecular complexity index is 604. The van der Waals surface area contributed by atoms with E-state index < -0.39 is 11.8 Å². The molecule has 6 heteroatoms. The van der Waals surface area contributed by atoms with Crippen molar-refractivity contribution >= 4 is 21.9 Å². The molecule has 1 aromatic heterocycles. The van der Waals surface area contributed by atoms with E-state index >= 15 is 0 Å². The van der Waals surface area contributed by atoms with Crippen molar-refractivity contribution in [2.24, 2.45) is 0 Å². The Morgan fingerprint density at radius 3 is 2.78 bits per heavy atom. The molecule has 2 rings (SSSR count). The Morgan fingerprint density at radius 2 is 2.11 bits per heavy atom. The number of carbonyl (C=O) groups is 1. The largest absolute Gasteiger partial charge is 0.477 e. The van der Waals surface area contributed by atoms with E-state index in [1.807, 2.05) is 0 Å². The summed E-state index contributed by atoms with van der Waals surface area (Å²) in [5, 5.41) is 8.78. The fourth-order valence-corrected chi connectivity index (χ4v) is 1.61. The SMILES string of the molecule is O=C(O)c1cccc(Oc2ccc(F)c(Br)c2)n1. The molecule has 0 saturated heterocycles. The molecule has 92 valence electrons. The quantitative estimate of drug-likeness (QED) is 0.943. The Balaban J connectivity index is 2.25. The highest BCUT2D eigenvalue weighted by Crippen LogP contribution is 2.25. The third-order valence-electron chi connectivity index (χ3n) is 2.06. The second kappa shape index (κ2) is 5.14. The van der Waals surface area contributed by atoms with E-state index in [1.54, 1.807) is 0 Å². The topological polar surface area (TPSA) is 59.4 Å². The summed E-state index contributed by atoms with van der Waals surface area (Å²) in [6.45, 7) is 0. The van der Waals surface area contributed by atoms with Gasteiger partial charge in [-0.05, 0) is 40.2 Å². The number of nitrogens with zero attached hydrogens (tertiary/aromatic N) is 1. The van der Waals surface area contributed by atoms with E-state index in [4.69, 9.17) is 9.84 Å². The number of pyridine rings is 1. The molecule has 18 heavy (non-hydrogen) atoms. The molecule has 4 nitrogen and oxygen atoms in total. The van der Waals surface area contributed by atoms with Crippen molar-refractivity contribution in [1.82, 2.24) is 4.98 Å². The van der Waals surface area contributed by atoms with Crippen molar-refractivity contribution in [3.05, 3.63) is 52.4 Å². The molecule has 0 atom stereocenters. The number of rotatable bonds is 3. The summed E-state index contributed by atoms with van der Waals surface area (Å²) < 4.78 is 18.6. The standard InChI is InChI=1S/C12H7BrFNO3/c13-8-6-7(4-5-9(8)14)18-11-3-1-2-10(15-11)12(16)17/h1-6H,(H,16,17). The summed E-state index contributed by atoms with van der Waals surface area (Å²) in [7, 11) is 0. The van der Waals surface area contributed by atoms with Crippen LogP contribution >= 0.6 is 15.9 Å². The molecule has 0 aliphatic heterocycles. The average Bonchev–Trinajstić information content (AvgIpc) is 2.34. The van der Waals surface area contributed by atoms with Crippen molar-refractivity contribution in [2.75, 3.05) is 0 Å². The molecular weight excluding hydrogens is 305 g/mol. The van der Waals surface area contributed by atoms with Gasteiger partial charge in [-0.1, -0.05) is 6.07 Å². The first-order valence-electron chi connectivity index (χ1n) is 4.89. The van der Waals surface area contributed by atoms with Crippen LogP contribution < -0.4 is 4.74 Å². The number of hydrogen-bond acceptors (Lipinski definition) is 3. The normalized spacial score (nSPS) is 10.1. The van der Waals surface area contributed by atoms with Crippen LogP contribution in [0.4, 0.5) is 4.39 Å². The van der Waals surface area contributed by atoms with Gasteiger partial charge in [0, 0.05) is 6.07 Å². The maximum Gasteiger partial charge on any atom is 0.354 e. The summed E-state index contributed by atoms with van der Waals surface area (Å²) >= 11 is 3.03. The van der Waals surface area contributed by atoms with Crippen LogP contribution in [-0.4, -0.2) is 16.1 Å². The van der Waals surface area contributed by atoms with Crippen LogP contribution in [0.3, 0.4) is 0 Å². The van der Waals surface area contributed by atoms with Gasteiger partial charge >= 0.3 is 5.97 Å². The van der Waals surface area contributed by atoms with Gasteiger partial charge in [-0.25, -0.2) is 14.2 Å². The number of halogens is 2. The second-order valence-electron chi connectivity index (χ2n) is 3.34. The Morgan fingerprint density at radius 1 is 1.33 bits per heavy atom. The van der Waals surface area contributed by atoms with Gasteiger partial charge in [-0.2, -0.15) is 0 Å². The summed E-state index contributed by atoms with van der Waals surface area (Å²) in [6.07, 6.45) is 0. The summed E-state index contributed by atoms with van der Waals surface area (Å²) in [5.41, 5.74) is -0.117. The average molecular weight is 312 g/mol. The van der Waals surface area contributed by atoms with Crippen molar-refractivity contribution in [1.29, 1.82) is 0 Å². The zero-order chi connectivity index (χ0) is 13.1. The summed E-state index contributed by atoms with van der Waals surface area (Å²) in [5.74, 6) is -1.05. The lowest BCUT2D eigenvalue weighted by molar-refractivity contribution is 0.0689. The van der Waals surface area contributed by atoms with Crippen LogP contribution in [0.2, 0.25) is 0 Å². The first-order valence-corrected chi connectivity index (χ1v) is 5.69. The molecule has 0 bridgehead atoms. The van der Waals surface area contributed by atoms with Gasteiger partial charge in [0.15, 0.2) is 5.69 Å². The Hall–Kier alpha value is -1.95. The first-order chi connectivity index (χ1) is 8.56. The molecule has 0 aliphatic carbocycles. The zero-order valence-corrected chi connectivity index (χ0v) is 10.5. The lowest BCUT2D eigenvalue weighted by atomic mass is 10.3. The lowest BCUT2D eigenvalue weighted by Crippen LogP contribution is -2.00. The molecule has 0 fully saturated rings. The van der Waals surface area contributed by atoms with Gasteiger partial charge in [0.25, 0.3) is 0 Å². The maximum absolute atomic E-state index is 13.0. The first kappa shape index (κ1) is 12.5. The van der Waals surface area contributed by atoms with E-state index in [-0.39, 0.29) is 16.0 Å². The van der Waals surface area contributed by atoms with Crippen molar-refractivity contribution < 1.29 is 19.0 Å². The minimum Gasteiger partial charge on any atom is -0.477 e. The second-order valence-corrected chi connectivity index (χ2v) is 4.20. The number of ether oxygens (including phenoxy) is 1. The van der Waals surface area contributed by atoms with Gasteiger partial charge in [0.2, 0.25) is 5.88 Å². The molecule has 0 amide bonds. The molecule has 1 aromatic carbocycles. The number of carboxylic acids is 1. The fourth-order valence-electron chi connectivity index (χ4n) is 1.25. The van der Waals surface area contributed by atoms with Crippen molar-refractivity contribution in [3.63, 3.8) is 0 Å². The van der Waals surface area contributed by atoms with Crippen molar-refractivity contribution in [2.45, 2.75) is 0 Å². The van der Waals surface area contributed by atoms with Crippen molar-refractivity contribution in [3.8, 4) is 11.6 Å². The van der Waals surface area contributed by atoms with Crippen LogP contribution in [0, 0.1) is 5.82 Å². The molecule has 0 saturated carbocycles. The Labute approximate surface area is 110 Å². The number of aromatic carboxylic acids is 1. The molecule has 0 aliphatic rings. The lowest BCUT2D eigenvalue weighted by Gasteiger charge is -2.05. The zero-order valence-electron chi connectivity index (χ0n) is 8.93. The van der Waals surface area contributed by atoms with Gasteiger partial charge in [-0.15, -0.1) is 0 Å². The van der Waals surface area contributed by atoms with E-state index in [9.17, 15) is 9.18 Å². The minimum absolute atomic E-state index is 0.117. The molecule has 1 N–H and O–H groups in total. The summed E-state index contributed by atoms with van der Waals surface area (Å²) in [4.78, 5) is 14.5. The highest BCUT2D eigenvalue weighted by atomic mass is 79.9. The third kappa shape index (κ3) is 2.84.